The van der Waals surface area contributed by atoms with Crippen LogP contribution >= 0.6 is 12.4 Å². The number of hydrogen-bond acceptors (Lipinski definition) is 4. The third-order valence-electron chi connectivity index (χ3n) is 6.00. The molecule has 4 rings (SSSR count). The minimum atomic E-state index is 0. The molecule has 2 saturated heterocycles. The molecule has 0 aromatic heterocycles. The summed E-state index contributed by atoms with van der Waals surface area (Å²) in [5.74, 6) is 2.04. The normalized spacial score (nSPS) is 22.1. The maximum absolute atomic E-state index is 12.4. The molecular formula is C24H31ClN2O3. The smallest absolute Gasteiger partial charge is 0.220 e. The fourth-order valence-corrected chi connectivity index (χ4v) is 4.55. The molecule has 2 fully saturated rings. The van der Waals surface area contributed by atoms with E-state index in [1.807, 2.05) is 48.5 Å². The predicted molar refractivity (Wildman–Crippen MR) is 120 cm³/mol. The highest BCUT2D eigenvalue weighted by Crippen LogP contribution is 2.33. The van der Waals surface area contributed by atoms with Gasteiger partial charge in [-0.2, -0.15) is 0 Å². The average Bonchev–Trinajstić information content (AvgIpc) is 3.09. The first-order valence-electron chi connectivity index (χ1n) is 10.6. The van der Waals surface area contributed by atoms with Gasteiger partial charge in [0.25, 0.3) is 0 Å². The summed E-state index contributed by atoms with van der Waals surface area (Å²) in [6.07, 6.45) is 5.42. The summed E-state index contributed by atoms with van der Waals surface area (Å²) < 4.78 is 11.4. The zero-order valence-corrected chi connectivity index (χ0v) is 18.3. The molecule has 2 N–H and O–H groups in total. The van der Waals surface area contributed by atoms with Crippen LogP contribution in [-0.4, -0.2) is 25.1 Å². The van der Waals surface area contributed by atoms with Crippen LogP contribution in [0, 0.1) is 5.92 Å². The van der Waals surface area contributed by atoms with Gasteiger partial charge >= 0.3 is 0 Å². The van der Waals surface area contributed by atoms with Crippen LogP contribution in [0.15, 0.2) is 48.5 Å². The van der Waals surface area contributed by atoms with Gasteiger partial charge in [0.2, 0.25) is 5.91 Å². The van der Waals surface area contributed by atoms with Gasteiger partial charge in [0.1, 0.15) is 6.61 Å². The van der Waals surface area contributed by atoms with Crippen molar-refractivity contribution in [2.45, 2.75) is 57.3 Å². The second-order valence-corrected chi connectivity index (χ2v) is 8.22. The molecule has 2 aromatic rings. The van der Waals surface area contributed by atoms with Crippen molar-refractivity contribution < 1.29 is 14.3 Å². The van der Waals surface area contributed by atoms with Crippen molar-refractivity contribution in [2.75, 3.05) is 7.11 Å². The molecule has 5 nitrogen and oxygen atoms in total. The lowest BCUT2D eigenvalue weighted by Crippen LogP contribution is -2.39. The molecule has 162 valence electrons. The lowest BCUT2D eigenvalue weighted by Gasteiger charge is -2.28. The van der Waals surface area contributed by atoms with E-state index in [0.717, 1.165) is 24.0 Å². The predicted octanol–water partition coefficient (Wildman–Crippen LogP) is 4.23. The van der Waals surface area contributed by atoms with Gasteiger partial charge in [-0.3, -0.25) is 4.79 Å². The van der Waals surface area contributed by atoms with Gasteiger partial charge in [-0.25, -0.2) is 0 Å². The first kappa shape index (κ1) is 22.4. The minimum Gasteiger partial charge on any atom is -0.493 e. The first-order valence-corrected chi connectivity index (χ1v) is 10.6. The summed E-state index contributed by atoms with van der Waals surface area (Å²) in [7, 11) is 1.64. The van der Waals surface area contributed by atoms with Crippen LogP contribution in [0.2, 0.25) is 0 Å². The number of piperidine rings is 1. The topological polar surface area (TPSA) is 59.6 Å². The summed E-state index contributed by atoms with van der Waals surface area (Å²) in [4.78, 5) is 12.4. The molecular weight excluding hydrogens is 400 g/mol. The summed E-state index contributed by atoms with van der Waals surface area (Å²) in [6.45, 7) is 0.998. The maximum Gasteiger partial charge on any atom is 0.220 e. The fourth-order valence-electron chi connectivity index (χ4n) is 4.55. The molecule has 0 radical (unpaired) electrons. The first-order chi connectivity index (χ1) is 14.2. The molecule has 2 bridgehead atoms. The van der Waals surface area contributed by atoms with Crippen molar-refractivity contribution >= 4 is 18.3 Å². The molecule has 30 heavy (non-hydrogen) atoms. The largest absolute Gasteiger partial charge is 0.493 e. The molecule has 1 amide bonds. The Kier molecular flexibility index (Phi) is 8.00. The lowest BCUT2D eigenvalue weighted by molar-refractivity contribution is -0.122. The Morgan fingerprint density at radius 2 is 1.77 bits per heavy atom. The van der Waals surface area contributed by atoms with Crippen LogP contribution in [0.3, 0.4) is 0 Å². The molecule has 2 aliphatic rings. The minimum absolute atomic E-state index is 0. The van der Waals surface area contributed by atoms with E-state index in [9.17, 15) is 4.79 Å². The van der Waals surface area contributed by atoms with Gasteiger partial charge in [0, 0.05) is 25.0 Å². The van der Waals surface area contributed by atoms with Crippen molar-refractivity contribution in [3.63, 3.8) is 0 Å². The number of benzene rings is 2. The van der Waals surface area contributed by atoms with Crippen LogP contribution in [-0.2, 0) is 17.9 Å². The van der Waals surface area contributed by atoms with Gasteiger partial charge in [0.15, 0.2) is 11.5 Å². The Balaban J connectivity index is 0.00000256. The van der Waals surface area contributed by atoms with Gasteiger partial charge in [-0.1, -0.05) is 36.4 Å². The number of nitrogens with one attached hydrogen (secondary N) is 2. The SMILES string of the molecule is COc1cc(CNC(=O)CC2CC3CCC(C2)N3)ccc1OCc1ccccc1.Cl. The van der Waals surface area contributed by atoms with E-state index in [4.69, 9.17) is 9.47 Å². The molecule has 2 unspecified atom stereocenters. The summed E-state index contributed by atoms with van der Waals surface area (Å²) in [6, 6.07) is 17.1. The van der Waals surface area contributed by atoms with Crippen LogP contribution in [0.25, 0.3) is 0 Å². The van der Waals surface area contributed by atoms with E-state index in [-0.39, 0.29) is 18.3 Å². The molecule has 2 heterocycles. The Labute approximate surface area is 184 Å². The number of carbonyl (C=O) groups is 1. The number of hydrogen-bond donors (Lipinski definition) is 2. The third-order valence-corrected chi connectivity index (χ3v) is 6.00. The number of rotatable bonds is 8. The zero-order valence-electron chi connectivity index (χ0n) is 17.4. The number of methoxy groups -OCH3 is 1. The standard InChI is InChI=1S/C24H30N2O3.ClH/c1-28-23-13-18(7-10-22(23)29-16-17-5-3-2-4-6-17)15-25-24(27)14-19-11-20-8-9-21(12-19)26-20;/h2-7,10,13,19-21,26H,8-9,11-12,14-16H2,1H3,(H,25,27);1H. The van der Waals surface area contributed by atoms with Crippen molar-refractivity contribution in [1.82, 2.24) is 10.6 Å². The van der Waals surface area contributed by atoms with E-state index in [2.05, 4.69) is 10.6 Å². The highest BCUT2D eigenvalue weighted by Gasteiger charge is 2.34. The zero-order chi connectivity index (χ0) is 20.1. The van der Waals surface area contributed by atoms with Crippen molar-refractivity contribution in [2.24, 2.45) is 5.92 Å². The number of amides is 1. The van der Waals surface area contributed by atoms with Crippen molar-refractivity contribution in [3.05, 3.63) is 59.7 Å². The highest BCUT2D eigenvalue weighted by molar-refractivity contribution is 5.85. The van der Waals surface area contributed by atoms with Crippen LogP contribution in [0.1, 0.15) is 43.2 Å². The Morgan fingerprint density at radius 1 is 1.03 bits per heavy atom. The van der Waals surface area contributed by atoms with Gasteiger partial charge in [-0.15, -0.1) is 12.4 Å². The Morgan fingerprint density at radius 3 is 2.47 bits per heavy atom. The quantitative estimate of drug-likeness (QED) is 0.657. The third kappa shape index (κ3) is 5.89. The Bertz CT molecular complexity index is 818. The van der Waals surface area contributed by atoms with E-state index >= 15 is 0 Å². The van der Waals surface area contributed by atoms with E-state index in [1.165, 1.54) is 12.8 Å². The van der Waals surface area contributed by atoms with Gasteiger partial charge in [0.05, 0.1) is 7.11 Å². The molecule has 0 saturated carbocycles. The molecule has 6 heteroatoms. The maximum atomic E-state index is 12.4. The number of fused-ring (bicyclic) bond motifs is 2. The number of carbonyl (C=O) groups excluding carboxylic acids is 1. The fraction of sp³-hybridized carbons (Fsp3) is 0.458. The summed E-state index contributed by atoms with van der Waals surface area (Å²) >= 11 is 0. The molecule has 2 aromatic carbocycles. The van der Waals surface area contributed by atoms with Gasteiger partial charge < -0.3 is 20.1 Å². The average molecular weight is 431 g/mol. The molecule has 2 aliphatic heterocycles. The van der Waals surface area contributed by atoms with Gasteiger partial charge in [-0.05, 0) is 54.9 Å². The number of halogens is 1. The van der Waals surface area contributed by atoms with Crippen LogP contribution in [0.4, 0.5) is 0 Å². The monoisotopic (exact) mass is 430 g/mol. The number of ether oxygens (including phenoxy) is 2. The van der Waals surface area contributed by atoms with Crippen molar-refractivity contribution in [1.29, 1.82) is 0 Å². The summed E-state index contributed by atoms with van der Waals surface area (Å²) in [5, 5.41) is 6.70. The molecule has 0 spiro atoms. The van der Waals surface area contributed by atoms with E-state index in [1.54, 1.807) is 7.11 Å². The Hall–Kier alpha value is -2.24. The summed E-state index contributed by atoms with van der Waals surface area (Å²) in [5.41, 5.74) is 2.12. The molecule has 0 aliphatic carbocycles. The molecule has 2 atom stereocenters. The highest BCUT2D eigenvalue weighted by atomic mass is 35.5. The second-order valence-electron chi connectivity index (χ2n) is 8.22. The van der Waals surface area contributed by atoms with E-state index in [0.29, 0.717) is 49.1 Å². The van der Waals surface area contributed by atoms with Crippen LogP contribution in [0.5, 0.6) is 11.5 Å². The van der Waals surface area contributed by atoms with Crippen LogP contribution < -0.4 is 20.1 Å². The van der Waals surface area contributed by atoms with E-state index < -0.39 is 0 Å². The second kappa shape index (κ2) is 10.7. The lowest BCUT2D eigenvalue weighted by atomic mass is 9.89. The van der Waals surface area contributed by atoms with Crippen molar-refractivity contribution in [3.8, 4) is 11.5 Å².